The number of carbonyl (C=O) groups excluding carboxylic acids is 1. The number of rotatable bonds is 4. The largest absolute Gasteiger partial charge is 0.303 e. The monoisotopic (exact) mass is 521 g/mol. The smallest absolute Gasteiger partial charge is 0.279 e. The number of aromatic nitrogens is 1. The second kappa shape index (κ2) is 9.61. The first kappa shape index (κ1) is 24.0. The highest BCUT2D eigenvalue weighted by Crippen LogP contribution is 2.30. The van der Waals surface area contributed by atoms with Crippen LogP contribution in [0.25, 0.3) is 10.2 Å². The van der Waals surface area contributed by atoms with E-state index in [0.717, 1.165) is 17.5 Å². The first-order chi connectivity index (χ1) is 15.7. The van der Waals surface area contributed by atoms with Gasteiger partial charge in [0.15, 0.2) is 4.80 Å². The van der Waals surface area contributed by atoms with Crippen molar-refractivity contribution >= 4 is 60.7 Å². The Morgan fingerprint density at radius 1 is 1.21 bits per heavy atom. The molecule has 3 aromatic rings. The van der Waals surface area contributed by atoms with Crippen molar-refractivity contribution in [2.24, 2.45) is 10.9 Å². The summed E-state index contributed by atoms with van der Waals surface area (Å²) in [4.78, 5) is 17.6. The summed E-state index contributed by atoms with van der Waals surface area (Å²) in [5.74, 6) is 2.57. The molecule has 172 valence electrons. The molecule has 0 bridgehead atoms. The summed E-state index contributed by atoms with van der Waals surface area (Å²) in [6.07, 6.45) is 7.19. The van der Waals surface area contributed by atoms with Crippen molar-refractivity contribution in [1.82, 2.24) is 8.87 Å². The number of terminal acetylenes is 1. The number of hydrogen-bond donors (Lipinski definition) is 0. The van der Waals surface area contributed by atoms with Crippen LogP contribution in [0.5, 0.6) is 0 Å². The van der Waals surface area contributed by atoms with Crippen molar-refractivity contribution in [1.29, 1.82) is 0 Å². The fraction of sp³-hybridized carbons (Fsp3) is 0.304. The van der Waals surface area contributed by atoms with Crippen molar-refractivity contribution in [3.05, 3.63) is 56.8 Å². The third-order valence-electron chi connectivity index (χ3n) is 5.62. The molecular formula is C23H21Cl2N3O3S2. The Morgan fingerprint density at radius 3 is 2.52 bits per heavy atom. The minimum absolute atomic E-state index is 0.166. The lowest BCUT2D eigenvalue weighted by atomic mass is 10.0. The van der Waals surface area contributed by atoms with E-state index in [1.807, 2.05) is 0 Å². The molecule has 1 aliphatic rings. The summed E-state index contributed by atoms with van der Waals surface area (Å²) in [7, 11) is -3.59. The number of hydrogen-bond acceptors (Lipinski definition) is 4. The maximum absolute atomic E-state index is 12.9. The molecule has 0 aliphatic carbocycles. The Balaban J connectivity index is 1.66. The summed E-state index contributed by atoms with van der Waals surface area (Å²) < 4.78 is 29.8. The average molecular weight is 522 g/mol. The zero-order chi connectivity index (χ0) is 23.8. The Bertz CT molecular complexity index is 1430. The van der Waals surface area contributed by atoms with Crippen LogP contribution in [-0.4, -0.2) is 36.3 Å². The van der Waals surface area contributed by atoms with Gasteiger partial charge < -0.3 is 4.57 Å². The van der Waals surface area contributed by atoms with Gasteiger partial charge in [-0.25, -0.2) is 8.42 Å². The normalized spacial score (nSPS) is 16.2. The summed E-state index contributed by atoms with van der Waals surface area (Å²) in [6, 6.07) is 9.21. The summed E-state index contributed by atoms with van der Waals surface area (Å²) >= 11 is 13.7. The molecule has 0 radical (unpaired) electrons. The summed E-state index contributed by atoms with van der Waals surface area (Å²) in [5, 5.41) is 0.888. The minimum Gasteiger partial charge on any atom is -0.303 e. The molecule has 6 nitrogen and oxygen atoms in total. The third kappa shape index (κ3) is 4.88. The van der Waals surface area contributed by atoms with Crippen molar-refractivity contribution < 1.29 is 13.2 Å². The quantitative estimate of drug-likeness (QED) is 0.462. The first-order valence-electron chi connectivity index (χ1n) is 10.3. The van der Waals surface area contributed by atoms with Crippen LogP contribution in [0.1, 0.15) is 30.1 Å². The Kier molecular flexibility index (Phi) is 6.99. The molecule has 10 heteroatoms. The predicted octanol–water partition coefficient (Wildman–Crippen LogP) is 4.80. The third-order valence-corrected chi connectivity index (χ3v) is 9.07. The Morgan fingerprint density at radius 2 is 1.88 bits per heavy atom. The summed E-state index contributed by atoms with van der Waals surface area (Å²) in [5.41, 5.74) is 0.933. The number of nitrogens with zero attached hydrogens (tertiary/aromatic N) is 3. The lowest BCUT2D eigenvalue weighted by Gasteiger charge is -2.29. The number of carbonyl (C=O) groups is 1. The standard InChI is InChI=1S/C23H21Cl2N3O3S2/c1-3-10-28-21-19(25)13-17(24)14-20(21)32-23(28)26-22(29)16-4-6-18(7-5-16)33(30,31)27-11-8-15(2)9-12-27/h1,4-7,13-15H,8-12H2,2H3. The Labute approximate surface area is 206 Å². The highest BCUT2D eigenvalue weighted by molar-refractivity contribution is 7.89. The van der Waals surface area contributed by atoms with Crippen LogP contribution in [0.2, 0.25) is 10.0 Å². The van der Waals surface area contributed by atoms with Gasteiger partial charge in [0.05, 0.1) is 26.7 Å². The van der Waals surface area contributed by atoms with Crippen molar-refractivity contribution in [2.45, 2.75) is 31.2 Å². The predicted molar refractivity (Wildman–Crippen MR) is 132 cm³/mol. The van der Waals surface area contributed by atoms with Crippen LogP contribution >= 0.6 is 34.5 Å². The lowest BCUT2D eigenvalue weighted by molar-refractivity contribution is 0.0998. The number of halogens is 2. The molecule has 0 saturated carbocycles. The number of sulfonamides is 1. The molecule has 0 atom stereocenters. The van der Waals surface area contributed by atoms with E-state index in [-0.39, 0.29) is 17.0 Å². The van der Waals surface area contributed by atoms with E-state index in [1.54, 1.807) is 16.7 Å². The van der Waals surface area contributed by atoms with Gasteiger partial charge in [-0.1, -0.05) is 47.4 Å². The molecular weight excluding hydrogens is 501 g/mol. The molecule has 4 rings (SSSR count). The molecule has 33 heavy (non-hydrogen) atoms. The van der Waals surface area contributed by atoms with E-state index in [4.69, 9.17) is 29.6 Å². The molecule has 0 spiro atoms. The molecule has 1 fully saturated rings. The van der Waals surface area contributed by atoms with Crippen molar-refractivity contribution in [2.75, 3.05) is 13.1 Å². The van der Waals surface area contributed by atoms with Crippen LogP contribution in [0.15, 0.2) is 46.3 Å². The maximum atomic E-state index is 12.9. The molecule has 1 aliphatic heterocycles. The van der Waals surface area contributed by atoms with Gasteiger partial charge in [0.1, 0.15) is 0 Å². The SMILES string of the molecule is C#CCn1c(=NC(=O)c2ccc(S(=O)(=O)N3CCC(C)CC3)cc2)sc2cc(Cl)cc(Cl)c21. The van der Waals surface area contributed by atoms with Crippen LogP contribution in [0.3, 0.4) is 0 Å². The number of fused-ring (bicyclic) bond motifs is 1. The maximum Gasteiger partial charge on any atom is 0.279 e. The lowest BCUT2D eigenvalue weighted by Crippen LogP contribution is -2.37. The molecule has 2 aromatic carbocycles. The average Bonchev–Trinajstić information content (AvgIpc) is 3.11. The molecule has 2 heterocycles. The first-order valence-corrected chi connectivity index (χ1v) is 13.3. The van der Waals surface area contributed by atoms with Gasteiger partial charge in [0.25, 0.3) is 5.91 Å². The Hall–Kier alpha value is -2.15. The number of benzene rings is 2. The van der Waals surface area contributed by atoms with Crippen molar-refractivity contribution in [3.63, 3.8) is 0 Å². The van der Waals surface area contributed by atoms with E-state index in [0.29, 0.717) is 39.4 Å². The van der Waals surface area contributed by atoms with Gasteiger partial charge in [-0.2, -0.15) is 9.30 Å². The number of thiazole rings is 1. The van der Waals surface area contributed by atoms with Gasteiger partial charge in [-0.05, 0) is 55.2 Å². The minimum atomic E-state index is -3.59. The zero-order valence-corrected chi connectivity index (χ0v) is 20.9. The second-order valence-electron chi connectivity index (χ2n) is 7.94. The molecule has 1 saturated heterocycles. The molecule has 0 unspecified atom stereocenters. The number of amides is 1. The van der Waals surface area contributed by atoms with Crippen LogP contribution in [0, 0.1) is 18.3 Å². The fourth-order valence-corrected chi connectivity index (χ4v) is 7.03. The van der Waals surface area contributed by atoms with E-state index < -0.39 is 15.9 Å². The highest BCUT2D eigenvalue weighted by atomic mass is 35.5. The second-order valence-corrected chi connectivity index (χ2v) is 11.7. The van der Waals surface area contributed by atoms with Crippen LogP contribution in [-0.2, 0) is 16.6 Å². The molecule has 1 amide bonds. The van der Waals surface area contributed by atoms with Gasteiger partial charge in [0.2, 0.25) is 10.0 Å². The van der Waals surface area contributed by atoms with E-state index in [9.17, 15) is 13.2 Å². The topological polar surface area (TPSA) is 71.7 Å². The van der Waals surface area contributed by atoms with E-state index in [1.165, 1.54) is 39.9 Å². The van der Waals surface area contributed by atoms with Gasteiger partial charge in [-0.3, -0.25) is 4.79 Å². The van der Waals surface area contributed by atoms with E-state index >= 15 is 0 Å². The van der Waals surface area contributed by atoms with Crippen molar-refractivity contribution in [3.8, 4) is 12.3 Å². The van der Waals surface area contributed by atoms with Crippen LogP contribution < -0.4 is 4.80 Å². The fourth-order valence-electron chi connectivity index (χ4n) is 3.75. The van der Waals surface area contributed by atoms with Gasteiger partial charge >= 0.3 is 0 Å². The summed E-state index contributed by atoms with van der Waals surface area (Å²) in [6.45, 7) is 3.32. The number of piperidine rings is 1. The van der Waals surface area contributed by atoms with Gasteiger partial charge in [0, 0.05) is 23.7 Å². The highest BCUT2D eigenvalue weighted by Gasteiger charge is 2.28. The van der Waals surface area contributed by atoms with E-state index in [2.05, 4.69) is 17.8 Å². The van der Waals surface area contributed by atoms with Crippen LogP contribution in [0.4, 0.5) is 0 Å². The molecule has 0 N–H and O–H groups in total. The van der Waals surface area contributed by atoms with Gasteiger partial charge in [-0.15, -0.1) is 6.42 Å². The molecule has 1 aromatic heterocycles. The zero-order valence-electron chi connectivity index (χ0n) is 17.8.